The first-order valence-electron chi connectivity index (χ1n) is 2.24. The van der Waals surface area contributed by atoms with E-state index in [1.165, 1.54) is 0 Å². The Morgan fingerprint density at radius 2 is 1.17 bits per heavy atom. The Balaban J connectivity index is -0.000000405. The zero-order valence-corrected chi connectivity index (χ0v) is 7.44. The number of carbonyl (C=O) groups is 2. The monoisotopic (exact) mass is 262 g/mol. The van der Waals surface area contributed by atoms with Crippen LogP contribution < -0.4 is 10.2 Å². The fraction of sp³-hybridized carbons (Fsp3) is 0.500. The molecular formula is C4H4FeNiO6. The number of carboxylic acid groups (broad SMARTS) is 2. The quantitative estimate of drug-likeness (QED) is 0.493. The number of aliphatic carboxylic acids is 2. The molecule has 0 spiro atoms. The van der Waals surface area contributed by atoms with Crippen molar-refractivity contribution in [2.45, 2.75) is 12.2 Å². The molecule has 0 aliphatic carbocycles. The van der Waals surface area contributed by atoms with Crippen LogP contribution in [0.25, 0.3) is 0 Å². The molecule has 0 aliphatic rings. The van der Waals surface area contributed by atoms with Gasteiger partial charge in [-0.3, -0.25) is 0 Å². The first-order chi connectivity index (χ1) is 4.46. The topological polar surface area (TPSA) is 121 Å². The molecule has 0 rings (SSSR count). The molecule has 0 aliphatic heterocycles. The van der Waals surface area contributed by atoms with E-state index in [4.69, 9.17) is 10.2 Å². The van der Waals surface area contributed by atoms with Crippen molar-refractivity contribution in [1.82, 2.24) is 0 Å². The zero-order valence-electron chi connectivity index (χ0n) is 5.35. The van der Waals surface area contributed by atoms with Crippen molar-refractivity contribution >= 4 is 11.9 Å². The zero-order chi connectivity index (χ0) is 8.31. The van der Waals surface area contributed by atoms with Gasteiger partial charge in [0.2, 0.25) is 0 Å². The van der Waals surface area contributed by atoms with Crippen LogP contribution in [0, 0.1) is 0 Å². The molecule has 0 heterocycles. The van der Waals surface area contributed by atoms with Crippen LogP contribution >= 0.6 is 0 Å². The molecule has 0 aromatic carbocycles. The third-order valence-electron chi connectivity index (χ3n) is 0.782. The van der Waals surface area contributed by atoms with Gasteiger partial charge < -0.3 is 30.0 Å². The maximum Gasteiger partial charge on any atom is 2.00 e. The third kappa shape index (κ3) is 5.51. The van der Waals surface area contributed by atoms with Gasteiger partial charge in [0.1, 0.15) is 12.2 Å². The largest absolute Gasteiger partial charge is 2.00 e. The molecule has 0 saturated heterocycles. The molecular weight excluding hydrogens is 259 g/mol. The van der Waals surface area contributed by atoms with Crippen molar-refractivity contribution in [2.75, 3.05) is 0 Å². The molecule has 0 saturated carbocycles. The summed E-state index contributed by atoms with van der Waals surface area (Å²) in [4.78, 5) is 19.3. The van der Waals surface area contributed by atoms with E-state index in [9.17, 15) is 19.8 Å². The van der Waals surface area contributed by atoms with Crippen LogP contribution in [0.5, 0.6) is 0 Å². The number of carbonyl (C=O) groups excluding carboxylic acids is 2. The number of aliphatic hydroxyl groups excluding tert-OH is 2. The summed E-state index contributed by atoms with van der Waals surface area (Å²) in [5.41, 5.74) is 0. The van der Waals surface area contributed by atoms with Crippen molar-refractivity contribution in [1.29, 1.82) is 0 Å². The van der Waals surface area contributed by atoms with E-state index in [2.05, 4.69) is 0 Å². The van der Waals surface area contributed by atoms with Gasteiger partial charge in [-0.05, 0) is 0 Å². The minimum absolute atomic E-state index is 0. The number of hydrogen-bond donors (Lipinski definition) is 2. The summed E-state index contributed by atoms with van der Waals surface area (Å²) in [5, 5.41) is 35.7. The second-order valence-corrected chi connectivity index (χ2v) is 1.53. The fourth-order valence-electron chi connectivity index (χ4n) is 0.258. The Labute approximate surface area is 88.0 Å². The van der Waals surface area contributed by atoms with Crippen LogP contribution in [0.4, 0.5) is 0 Å². The number of carboxylic acids is 2. The summed E-state index contributed by atoms with van der Waals surface area (Å²) in [6.07, 6.45) is -4.88. The Kier molecular flexibility index (Phi) is 11.2. The predicted molar refractivity (Wildman–Crippen MR) is 22.0 cm³/mol. The van der Waals surface area contributed by atoms with Crippen molar-refractivity contribution in [2.24, 2.45) is 0 Å². The van der Waals surface area contributed by atoms with Crippen LogP contribution in [0.15, 0.2) is 0 Å². The first kappa shape index (κ1) is 17.8. The second kappa shape index (κ2) is 7.52. The van der Waals surface area contributed by atoms with Crippen molar-refractivity contribution in [3.8, 4) is 0 Å². The van der Waals surface area contributed by atoms with Crippen molar-refractivity contribution < 1.29 is 63.6 Å². The molecule has 12 heavy (non-hydrogen) atoms. The van der Waals surface area contributed by atoms with Gasteiger partial charge in [0, 0.05) is 17.1 Å². The van der Waals surface area contributed by atoms with Gasteiger partial charge in [-0.1, -0.05) is 0 Å². The molecule has 8 heteroatoms. The van der Waals surface area contributed by atoms with Crippen molar-refractivity contribution in [3.63, 3.8) is 0 Å². The van der Waals surface area contributed by atoms with Crippen LogP contribution in [0.1, 0.15) is 0 Å². The Bertz CT molecular complexity index is 144. The van der Waals surface area contributed by atoms with Gasteiger partial charge in [0.25, 0.3) is 0 Å². The first-order valence-corrected chi connectivity index (χ1v) is 2.24. The standard InChI is InChI=1S/C4H6O6.Fe.Ni/c5-1(3(7)8)2(6)4(9)10;;/h1-2,5-6H,(H,7,8)(H,9,10);;/q;;+2/p-2. The summed E-state index contributed by atoms with van der Waals surface area (Å²) < 4.78 is 0. The van der Waals surface area contributed by atoms with E-state index in [-0.39, 0.29) is 33.6 Å². The van der Waals surface area contributed by atoms with E-state index in [0.717, 1.165) is 0 Å². The second-order valence-electron chi connectivity index (χ2n) is 1.53. The predicted octanol–water partition coefficient (Wildman–Crippen LogP) is -4.80. The average molecular weight is 263 g/mol. The van der Waals surface area contributed by atoms with E-state index in [1.54, 1.807) is 0 Å². The molecule has 2 N–H and O–H groups in total. The van der Waals surface area contributed by atoms with E-state index in [0.29, 0.717) is 0 Å². The number of rotatable bonds is 3. The molecule has 2 atom stereocenters. The smallest absolute Gasteiger partial charge is 0.547 e. The van der Waals surface area contributed by atoms with Crippen LogP contribution in [0.2, 0.25) is 0 Å². The van der Waals surface area contributed by atoms with E-state index < -0.39 is 24.1 Å². The van der Waals surface area contributed by atoms with Gasteiger partial charge in [-0.2, -0.15) is 0 Å². The van der Waals surface area contributed by atoms with Crippen LogP contribution in [0.3, 0.4) is 0 Å². The maximum atomic E-state index is 9.63. The van der Waals surface area contributed by atoms with Gasteiger partial charge in [-0.25, -0.2) is 0 Å². The summed E-state index contributed by atoms with van der Waals surface area (Å²) in [5.74, 6) is -4.12. The molecule has 6 nitrogen and oxygen atoms in total. The Morgan fingerprint density at radius 3 is 1.25 bits per heavy atom. The molecule has 0 bridgehead atoms. The minimum Gasteiger partial charge on any atom is -0.547 e. The normalized spacial score (nSPS) is 13.2. The molecule has 0 aromatic rings. The average Bonchev–Trinajstić information content (AvgIpc) is 1.84. The molecule has 0 amide bonds. The molecule has 0 fully saturated rings. The molecule has 0 radical (unpaired) electrons. The van der Waals surface area contributed by atoms with E-state index in [1.807, 2.05) is 0 Å². The number of aliphatic hydroxyl groups is 2. The summed E-state index contributed by atoms with van der Waals surface area (Å²) >= 11 is 0. The fourth-order valence-corrected chi connectivity index (χ4v) is 0.258. The summed E-state index contributed by atoms with van der Waals surface area (Å²) in [6.45, 7) is 0. The Morgan fingerprint density at radius 1 is 1.00 bits per heavy atom. The SMILES string of the molecule is O=C([O-])C(O)C(O)C(=O)[O-].[Fe].[Ni+2]. The molecule has 2 unspecified atom stereocenters. The van der Waals surface area contributed by atoms with Crippen molar-refractivity contribution in [3.05, 3.63) is 0 Å². The third-order valence-corrected chi connectivity index (χ3v) is 0.782. The summed E-state index contributed by atoms with van der Waals surface area (Å²) in [7, 11) is 0. The molecule has 0 aromatic heterocycles. The van der Waals surface area contributed by atoms with Gasteiger partial charge in [0.05, 0.1) is 11.9 Å². The minimum atomic E-state index is -2.44. The Hall–Kier alpha value is -0.127. The van der Waals surface area contributed by atoms with Crippen LogP contribution in [-0.2, 0) is 43.1 Å². The number of hydrogen-bond acceptors (Lipinski definition) is 6. The van der Waals surface area contributed by atoms with Gasteiger partial charge in [-0.15, -0.1) is 0 Å². The molecule has 74 valence electrons. The maximum absolute atomic E-state index is 9.63. The summed E-state index contributed by atoms with van der Waals surface area (Å²) in [6, 6.07) is 0. The van der Waals surface area contributed by atoms with E-state index >= 15 is 0 Å². The van der Waals surface area contributed by atoms with Gasteiger partial charge in [0.15, 0.2) is 0 Å². The van der Waals surface area contributed by atoms with Crippen LogP contribution in [-0.4, -0.2) is 34.4 Å². The van der Waals surface area contributed by atoms with Gasteiger partial charge >= 0.3 is 16.5 Å².